The van der Waals surface area contributed by atoms with E-state index in [0.29, 0.717) is 0 Å². The first-order chi connectivity index (χ1) is 16.7. The summed E-state index contributed by atoms with van der Waals surface area (Å²) in [5, 5.41) is 120. The van der Waals surface area contributed by atoms with E-state index in [2.05, 4.69) is 0 Å². The first-order valence-electron chi connectivity index (χ1n) is 5.11. The molecule has 0 fully saturated rings. The zero-order chi connectivity index (χ0) is 34.0. The third-order valence-corrected chi connectivity index (χ3v) is 0. The van der Waals surface area contributed by atoms with Crippen molar-refractivity contribution in [3.63, 3.8) is 0 Å². The Balaban J connectivity index is -0.0000000217. The SMILES string of the molecule is O=[N+]([O-])[O-].O=[N+]([O-])[O-].O=[N+]([O-])[O-].O=[N+]([O-])[O-].O=[N+]([O-])[O-].O=[N+]([O-])[O-].O=[N+]([O-])[O-].O=[N+]([O-])[O-].O=[N+]=O.O=[N+]=O.[Fe+3].[Fe+3]. The Hall–Kier alpha value is -6.74. The van der Waals surface area contributed by atoms with Crippen LogP contribution in [0.25, 0.3) is 0 Å². The zero-order valence-corrected chi connectivity index (χ0v) is 18.8. The molecule has 0 aromatic carbocycles. The van der Waals surface area contributed by atoms with Gasteiger partial charge in [0.25, 0.3) is 0 Å². The maximum Gasteiger partial charge on any atom is 3.00 e. The monoisotopic (exact) mass is 700 g/mol. The van der Waals surface area contributed by atoms with Gasteiger partial charge in [0.05, 0.1) is 40.7 Å². The van der Waals surface area contributed by atoms with Crippen LogP contribution >= 0.6 is 0 Å². The van der Waals surface area contributed by atoms with Gasteiger partial charge >= 0.3 is 44.2 Å². The molecule has 0 aromatic heterocycles. The molecular formula is Fe2N10O28. The molecule has 0 aromatic rings. The molecule has 0 heterocycles. The Bertz CT molecular complexity index is 512. The van der Waals surface area contributed by atoms with E-state index < -0.39 is 40.7 Å². The maximum absolute atomic E-state index is 8.25. The molecule has 0 aliphatic carbocycles. The molecule has 0 aliphatic heterocycles. The predicted octanol–water partition coefficient (Wildman–Crippen LogP) is -2.74. The van der Waals surface area contributed by atoms with Crippen LogP contribution in [0.5, 0.6) is 0 Å². The van der Waals surface area contributed by atoms with Crippen LogP contribution in [0, 0.1) is 142 Å². The summed E-state index contributed by atoms with van der Waals surface area (Å²) >= 11 is 0. The molecule has 0 bridgehead atoms. The molecule has 40 heteroatoms. The standard InChI is InChI=1S/2Fe.8NO3.2NO2/c;;8*2-1(3)4;2*2-1-3/q2*+3;8*-1;2*+1. The van der Waals surface area contributed by atoms with E-state index in [9.17, 15) is 0 Å². The minimum atomic E-state index is -1.75. The average molecular weight is 700 g/mol. The molecular weight excluding hydrogens is 700 g/mol. The molecule has 0 saturated heterocycles. The van der Waals surface area contributed by atoms with Crippen LogP contribution in [0.2, 0.25) is 0 Å². The predicted molar refractivity (Wildman–Crippen MR) is 101 cm³/mol. The molecule has 0 amide bonds. The third kappa shape index (κ3) is 630. The van der Waals surface area contributed by atoms with E-state index in [-0.39, 0.29) is 34.1 Å². The number of nitroso groups, excluding NO2 is 4. The second-order valence-electron chi connectivity index (χ2n) is 1.94. The van der Waals surface area contributed by atoms with Gasteiger partial charge in [0.1, 0.15) is 0 Å². The zero-order valence-electron chi connectivity index (χ0n) is 16.6. The van der Waals surface area contributed by atoms with Gasteiger partial charge in [-0.1, -0.05) is 0 Å². The summed E-state index contributed by atoms with van der Waals surface area (Å²) in [6.07, 6.45) is 0. The van der Waals surface area contributed by atoms with Crippen LogP contribution in [0.3, 0.4) is 0 Å². The second-order valence-corrected chi connectivity index (χ2v) is 1.94. The molecule has 0 unspecified atom stereocenters. The van der Waals surface area contributed by atoms with Gasteiger partial charge in [-0.15, -0.1) is 0 Å². The Labute approximate surface area is 228 Å². The van der Waals surface area contributed by atoms with Crippen LogP contribution in [-0.4, -0.2) is 40.7 Å². The van der Waals surface area contributed by atoms with Gasteiger partial charge in [0.2, 0.25) is 19.6 Å². The van der Waals surface area contributed by atoms with Gasteiger partial charge in [-0.25, -0.2) is 0 Å². The van der Waals surface area contributed by atoms with E-state index in [1.165, 1.54) is 0 Å². The number of nitrogens with zero attached hydrogens (tertiary/aromatic N) is 10. The fourth-order valence-electron chi connectivity index (χ4n) is 0. The quantitative estimate of drug-likeness (QED) is 0.107. The third-order valence-electron chi connectivity index (χ3n) is 0. The van der Waals surface area contributed by atoms with Gasteiger partial charge in [0, 0.05) is 0 Å². The Morgan fingerprint density at radius 1 is 0.250 bits per heavy atom. The van der Waals surface area contributed by atoms with Crippen molar-refractivity contribution >= 4 is 0 Å². The molecule has 2 radical (unpaired) electrons. The summed E-state index contributed by atoms with van der Waals surface area (Å²) in [6.45, 7) is 0. The molecule has 38 nitrogen and oxygen atoms in total. The molecule has 0 atom stereocenters. The Morgan fingerprint density at radius 2 is 0.250 bits per heavy atom. The van der Waals surface area contributed by atoms with Crippen molar-refractivity contribution < 1.29 is 74.8 Å². The molecule has 0 aliphatic rings. The van der Waals surface area contributed by atoms with Crippen molar-refractivity contribution in [2.75, 3.05) is 0 Å². The summed E-state index contributed by atoms with van der Waals surface area (Å²) in [7, 11) is 0. The fraction of sp³-hybridized carbons (Fsp3) is 0. The summed E-state index contributed by atoms with van der Waals surface area (Å²) in [5.74, 6) is 0. The van der Waals surface area contributed by atoms with Crippen LogP contribution in [0.4, 0.5) is 0 Å². The van der Waals surface area contributed by atoms with Crippen LogP contribution in [-0.2, 0) is 34.1 Å². The summed E-state index contributed by atoms with van der Waals surface area (Å²) in [4.78, 5) is 98.0. The largest absolute Gasteiger partial charge is 3.00 e. The van der Waals surface area contributed by atoms with Crippen molar-refractivity contribution in [1.29, 1.82) is 0 Å². The molecule has 0 rings (SSSR count). The minimum absolute atomic E-state index is 0. The summed E-state index contributed by atoms with van der Waals surface area (Å²) in [5.41, 5.74) is 0. The molecule has 0 saturated carbocycles. The number of hydrogen-bond acceptors (Lipinski definition) is 28. The van der Waals surface area contributed by atoms with Gasteiger partial charge in [-0.3, -0.25) is 0 Å². The first kappa shape index (κ1) is 76.6. The maximum atomic E-state index is 8.25. The van der Waals surface area contributed by atoms with Crippen molar-refractivity contribution in [3.05, 3.63) is 142 Å². The van der Waals surface area contributed by atoms with Crippen LogP contribution in [0.15, 0.2) is 0 Å². The van der Waals surface area contributed by atoms with Gasteiger partial charge in [0.15, 0.2) is 0 Å². The molecule has 0 N–H and O–H groups in total. The smallest absolute Gasteiger partial charge is 0.356 e. The van der Waals surface area contributed by atoms with Crippen LogP contribution in [0.1, 0.15) is 0 Å². The molecule has 0 spiro atoms. The van der Waals surface area contributed by atoms with E-state index in [1.54, 1.807) is 0 Å². The minimum Gasteiger partial charge on any atom is -0.356 e. The molecule has 40 heavy (non-hydrogen) atoms. The average Bonchev–Trinajstić information content (AvgIpc) is 2.50. The second kappa shape index (κ2) is 85.0. The van der Waals surface area contributed by atoms with Crippen molar-refractivity contribution in [1.82, 2.24) is 10.1 Å². The Kier molecular flexibility index (Phi) is 163. The normalized spacial score (nSPS) is 5.20. The summed E-state index contributed by atoms with van der Waals surface area (Å²) < 4.78 is 0. The topological polar surface area (TPSA) is 626 Å². The fourth-order valence-corrected chi connectivity index (χ4v) is 0. The van der Waals surface area contributed by atoms with Crippen molar-refractivity contribution in [2.24, 2.45) is 0 Å². The van der Waals surface area contributed by atoms with E-state index in [4.69, 9.17) is 142 Å². The number of rotatable bonds is 0. The van der Waals surface area contributed by atoms with Crippen molar-refractivity contribution in [2.45, 2.75) is 0 Å². The van der Waals surface area contributed by atoms with E-state index in [1.807, 2.05) is 0 Å². The van der Waals surface area contributed by atoms with Crippen molar-refractivity contribution in [3.8, 4) is 0 Å². The Morgan fingerprint density at radius 3 is 0.250 bits per heavy atom. The molecule has 234 valence electrons. The van der Waals surface area contributed by atoms with E-state index >= 15 is 0 Å². The van der Waals surface area contributed by atoms with E-state index in [0.717, 1.165) is 10.1 Å². The van der Waals surface area contributed by atoms with Gasteiger partial charge in [-0.05, 0) is 0 Å². The summed E-state index contributed by atoms with van der Waals surface area (Å²) in [6, 6.07) is 0. The van der Waals surface area contributed by atoms with Gasteiger partial charge in [-0.2, -0.15) is 0 Å². The number of hydrogen-bond donors (Lipinski definition) is 0. The van der Waals surface area contributed by atoms with Gasteiger partial charge < -0.3 is 123 Å². The van der Waals surface area contributed by atoms with Crippen LogP contribution < -0.4 is 10.1 Å². The first-order valence-corrected chi connectivity index (χ1v) is 5.11.